The lowest BCUT2D eigenvalue weighted by Gasteiger charge is -2.45. The Morgan fingerprint density at radius 2 is 2.27 bits per heavy atom. The van der Waals surface area contributed by atoms with Gasteiger partial charge in [-0.05, 0) is 18.1 Å². The highest BCUT2D eigenvalue weighted by Gasteiger charge is 2.40. The molecule has 0 radical (unpaired) electrons. The smallest absolute Gasteiger partial charge is 0.252 e. The Morgan fingerprint density at radius 1 is 1.41 bits per heavy atom. The quantitative estimate of drug-likeness (QED) is 0.807. The van der Waals surface area contributed by atoms with Crippen molar-refractivity contribution in [3.8, 4) is 11.1 Å². The normalized spacial score (nSPS) is 19.9. The van der Waals surface area contributed by atoms with E-state index in [2.05, 4.69) is 9.88 Å². The van der Waals surface area contributed by atoms with Crippen LogP contribution in [0.25, 0.3) is 11.1 Å². The van der Waals surface area contributed by atoms with E-state index in [1.165, 1.54) is 12.3 Å². The molecule has 0 aliphatic carbocycles. The van der Waals surface area contributed by atoms with Crippen molar-refractivity contribution in [3.63, 3.8) is 0 Å². The molecule has 1 fully saturated rings. The summed E-state index contributed by atoms with van der Waals surface area (Å²) in [6.07, 6.45) is 3.65. The van der Waals surface area contributed by atoms with Gasteiger partial charge in [-0.2, -0.15) is 0 Å². The first-order valence-electron chi connectivity index (χ1n) is 7.36. The highest BCUT2D eigenvalue weighted by Crippen LogP contribution is 2.48. The zero-order valence-electron chi connectivity index (χ0n) is 12.3. The molecule has 5 nitrogen and oxygen atoms in total. The number of rotatable bonds is 1. The van der Waals surface area contributed by atoms with E-state index in [-0.39, 0.29) is 11.6 Å². The van der Waals surface area contributed by atoms with Crippen LogP contribution >= 0.6 is 0 Å². The molecule has 0 amide bonds. The third kappa shape index (κ3) is 1.80. The van der Waals surface area contributed by atoms with Gasteiger partial charge in [-0.3, -0.25) is 14.3 Å². The second-order valence-corrected chi connectivity index (χ2v) is 5.69. The molecule has 0 aromatic carbocycles. The molecule has 1 atom stereocenters. The fraction of sp³-hybridized carbons (Fsp3) is 0.375. The van der Waals surface area contributed by atoms with Gasteiger partial charge in [-0.1, -0.05) is 0 Å². The van der Waals surface area contributed by atoms with Crippen molar-refractivity contribution in [2.24, 2.45) is 7.05 Å². The number of ether oxygens (including phenoxy) is 1. The van der Waals surface area contributed by atoms with E-state index in [4.69, 9.17) is 4.74 Å². The molecule has 114 valence electrons. The second kappa shape index (κ2) is 4.91. The average molecular weight is 301 g/mol. The van der Waals surface area contributed by atoms with Crippen molar-refractivity contribution in [3.05, 3.63) is 46.3 Å². The molecule has 1 unspecified atom stereocenters. The van der Waals surface area contributed by atoms with E-state index in [9.17, 15) is 9.18 Å². The lowest BCUT2D eigenvalue weighted by Crippen LogP contribution is -2.45. The lowest BCUT2D eigenvalue weighted by molar-refractivity contribution is 0.131. The predicted octanol–water partition coefficient (Wildman–Crippen LogP) is 1.87. The predicted molar refractivity (Wildman–Crippen MR) is 80.4 cm³/mol. The zero-order chi connectivity index (χ0) is 15.3. The van der Waals surface area contributed by atoms with Crippen molar-refractivity contribution >= 4 is 5.82 Å². The number of hydrogen-bond donors (Lipinski definition) is 0. The lowest BCUT2D eigenvalue weighted by atomic mass is 9.89. The van der Waals surface area contributed by atoms with Crippen LogP contribution in [-0.4, -0.2) is 29.3 Å². The molecular formula is C16H16FN3O2. The monoisotopic (exact) mass is 301 g/mol. The van der Waals surface area contributed by atoms with E-state index in [0.717, 1.165) is 24.3 Å². The van der Waals surface area contributed by atoms with Crippen LogP contribution in [0.15, 0.2) is 29.3 Å². The van der Waals surface area contributed by atoms with Gasteiger partial charge in [0.15, 0.2) is 0 Å². The fourth-order valence-corrected chi connectivity index (χ4v) is 3.40. The first kappa shape index (κ1) is 13.5. The molecule has 2 aromatic rings. The van der Waals surface area contributed by atoms with Gasteiger partial charge in [0.05, 0.1) is 18.8 Å². The minimum Gasteiger partial charge on any atom is -0.379 e. The SMILES string of the molecule is Cn1c2c(c(-c3ccncc3F)cc1=O)C1COCCCN21. The van der Waals surface area contributed by atoms with E-state index in [0.29, 0.717) is 24.3 Å². The largest absolute Gasteiger partial charge is 0.379 e. The number of halogens is 1. The first-order chi connectivity index (χ1) is 10.7. The minimum absolute atomic E-state index is 0.0897. The number of fused-ring (bicyclic) bond motifs is 4. The fourth-order valence-electron chi connectivity index (χ4n) is 3.40. The number of nitrogens with zero attached hydrogens (tertiary/aromatic N) is 3. The summed E-state index contributed by atoms with van der Waals surface area (Å²) in [6.45, 7) is 2.14. The molecule has 6 heteroatoms. The molecule has 0 bridgehead atoms. The summed E-state index contributed by atoms with van der Waals surface area (Å²) < 4.78 is 21.4. The second-order valence-electron chi connectivity index (χ2n) is 5.69. The Balaban J connectivity index is 1.95. The van der Waals surface area contributed by atoms with Gasteiger partial charge in [-0.15, -0.1) is 0 Å². The van der Waals surface area contributed by atoms with Gasteiger partial charge in [0, 0.05) is 43.6 Å². The number of anilines is 1. The Labute approximate surface area is 127 Å². The van der Waals surface area contributed by atoms with Crippen LogP contribution in [0.2, 0.25) is 0 Å². The third-order valence-corrected chi connectivity index (χ3v) is 4.45. The molecule has 22 heavy (non-hydrogen) atoms. The third-order valence-electron chi connectivity index (χ3n) is 4.45. The highest BCUT2D eigenvalue weighted by molar-refractivity contribution is 5.79. The minimum atomic E-state index is -0.411. The van der Waals surface area contributed by atoms with Crippen molar-refractivity contribution in [1.82, 2.24) is 9.55 Å². The van der Waals surface area contributed by atoms with Gasteiger partial charge < -0.3 is 9.64 Å². The summed E-state index contributed by atoms with van der Waals surface area (Å²) in [4.78, 5) is 18.2. The van der Waals surface area contributed by atoms with Crippen molar-refractivity contribution in [1.29, 1.82) is 0 Å². The summed E-state index contributed by atoms with van der Waals surface area (Å²) in [5.41, 5.74) is 1.94. The summed E-state index contributed by atoms with van der Waals surface area (Å²) in [7, 11) is 1.76. The molecule has 2 aliphatic heterocycles. The van der Waals surface area contributed by atoms with Gasteiger partial charge in [-0.25, -0.2) is 4.39 Å². The molecule has 1 saturated heterocycles. The molecule has 0 N–H and O–H groups in total. The molecule has 4 heterocycles. The van der Waals surface area contributed by atoms with Crippen molar-refractivity contribution in [2.75, 3.05) is 24.7 Å². The highest BCUT2D eigenvalue weighted by atomic mass is 19.1. The van der Waals surface area contributed by atoms with Gasteiger partial charge >= 0.3 is 0 Å². The number of aromatic nitrogens is 2. The summed E-state index contributed by atoms with van der Waals surface area (Å²) in [5.74, 6) is 0.472. The van der Waals surface area contributed by atoms with Crippen LogP contribution in [-0.2, 0) is 11.8 Å². The summed E-state index contributed by atoms with van der Waals surface area (Å²) >= 11 is 0. The molecular weight excluding hydrogens is 285 g/mol. The Hall–Kier alpha value is -2.21. The average Bonchev–Trinajstić information content (AvgIpc) is 2.69. The Bertz CT molecular complexity index is 802. The maximum atomic E-state index is 14.1. The molecule has 2 aromatic heterocycles. The van der Waals surface area contributed by atoms with E-state index >= 15 is 0 Å². The number of pyridine rings is 2. The van der Waals surface area contributed by atoms with E-state index in [1.54, 1.807) is 23.9 Å². The van der Waals surface area contributed by atoms with Gasteiger partial charge in [0.1, 0.15) is 11.6 Å². The van der Waals surface area contributed by atoms with Gasteiger partial charge in [0.2, 0.25) is 0 Å². The van der Waals surface area contributed by atoms with Gasteiger partial charge in [0.25, 0.3) is 5.56 Å². The van der Waals surface area contributed by atoms with Crippen LogP contribution < -0.4 is 10.5 Å². The van der Waals surface area contributed by atoms with Crippen LogP contribution in [0.4, 0.5) is 10.2 Å². The number of hydrogen-bond acceptors (Lipinski definition) is 4. The van der Waals surface area contributed by atoms with E-state index in [1.807, 2.05) is 0 Å². The maximum Gasteiger partial charge on any atom is 0.252 e. The Kier molecular flexibility index (Phi) is 3.00. The Morgan fingerprint density at radius 3 is 3.09 bits per heavy atom. The maximum absolute atomic E-state index is 14.1. The first-order valence-corrected chi connectivity index (χ1v) is 7.36. The molecule has 0 saturated carbocycles. The molecule has 2 aliphatic rings. The van der Waals surface area contributed by atoms with Crippen LogP contribution in [0, 0.1) is 5.82 Å². The molecule has 0 spiro atoms. The standard InChI is InChI=1S/C16H16FN3O2/c1-19-14(21)7-11(10-3-4-18-8-12(10)17)15-13-9-22-6-2-5-20(13)16(15)19/h3-4,7-8,13H,2,5-6,9H2,1H3. The van der Waals surface area contributed by atoms with Crippen molar-refractivity contribution < 1.29 is 9.13 Å². The molecule has 4 rings (SSSR count). The summed E-state index contributed by atoms with van der Waals surface area (Å²) in [5, 5.41) is 0. The van der Waals surface area contributed by atoms with Crippen LogP contribution in [0.1, 0.15) is 18.0 Å². The summed E-state index contributed by atoms with van der Waals surface area (Å²) in [6, 6.07) is 3.22. The van der Waals surface area contributed by atoms with Crippen LogP contribution in [0.3, 0.4) is 0 Å². The zero-order valence-corrected chi connectivity index (χ0v) is 12.3. The van der Waals surface area contributed by atoms with Crippen LogP contribution in [0.5, 0.6) is 0 Å². The van der Waals surface area contributed by atoms with E-state index < -0.39 is 5.82 Å². The topological polar surface area (TPSA) is 47.4 Å². The van der Waals surface area contributed by atoms with Crippen molar-refractivity contribution in [2.45, 2.75) is 12.5 Å².